The standard InChI is InChI=1S/C13H17NO6S/c1-20-13(17)11(15)9-14-12(16)7-8-21(18,19)10-5-3-2-4-6-10/h2-6,11,15H,7-9H2,1H3,(H,14,16). The number of carbonyl (C=O) groups excluding carboxylic acids is 2. The zero-order valence-corrected chi connectivity index (χ0v) is 12.3. The van der Waals surface area contributed by atoms with E-state index in [0.29, 0.717) is 0 Å². The third-order valence-electron chi connectivity index (χ3n) is 2.67. The molecule has 0 fully saturated rings. The van der Waals surface area contributed by atoms with Crippen LogP contribution in [0.5, 0.6) is 0 Å². The molecule has 0 saturated heterocycles. The van der Waals surface area contributed by atoms with Gasteiger partial charge in [0.2, 0.25) is 5.91 Å². The van der Waals surface area contributed by atoms with Gasteiger partial charge in [0.25, 0.3) is 0 Å². The van der Waals surface area contributed by atoms with Crippen LogP contribution in [0, 0.1) is 0 Å². The first kappa shape index (κ1) is 17.1. The molecule has 0 aliphatic rings. The fourth-order valence-corrected chi connectivity index (χ4v) is 2.75. The molecule has 0 radical (unpaired) electrons. The first-order valence-corrected chi connectivity index (χ1v) is 7.82. The molecular weight excluding hydrogens is 298 g/mol. The number of hydrogen-bond acceptors (Lipinski definition) is 6. The Bertz CT molecular complexity index is 584. The number of benzene rings is 1. The van der Waals surface area contributed by atoms with Gasteiger partial charge in [0.05, 0.1) is 24.3 Å². The lowest BCUT2D eigenvalue weighted by atomic mass is 10.3. The van der Waals surface area contributed by atoms with Gasteiger partial charge in [-0.1, -0.05) is 18.2 Å². The van der Waals surface area contributed by atoms with Crippen molar-refractivity contribution in [3.63, 3.8) is 0 Å². The number of ether oxygens (including phenoxy) is 1. The predicted octanol–water partition coefficient (Wildman–Crippen LogP) is -0.500. The maximum Gasteiger partial charge on any atom is 0.336 e. The first-order valence-electron chi connectivity index (χ1n) is 6.17. The minimum absolute atomic E-state index is 0.146. The summed E-state index contributed by atoms with van der Waals surface area (Å²) in [5.41, 5.74) is 0. The summed E-state index contributed by atoms with van der Waals surface area (Å²) in [5, 5.41) is 11.5. The lowest BCUT2D eigenvalue weighted by Crippen LogP contribution is -2.37. The quantitative estimate of drug-likeness (QED) is 0.657. The highest BCUT2D eigenvalue weighted by atomic mass is 32.2. The molecule has 21 heavy (non-hydrogen) atoms. The summed E-state index contributed by atoms with van der Waals surface area (Å²) < 4.78 is 28.1. The van der Waals surface area contributed by atoms with Crippen LogP contribution in [-0.4, -0.2) is 50.9 Å². The van der Waals surface area contributed by atoms with Crippen LogP contribution in [0.4, 0.5) is 0 Å². The summed E-state index contributed by atoms with van der Waals surface area (Å²) in [4.78, 5) is 22.6. The second kappa shape index (κ2) is 7.75. The van der Waals surface area contributed by atoms with Gasteiger partial charge in [-0.2, -0.15) is 0 Å². The minimum Gasteiger partial charge on any atom is -0.467 e. The third kappa shape index (κ3) is 5.52. The summed E-state index contributed by atoms with van der Waals surface area (Å²) in [6.45, 7) is -0.323. The van der Waals surface area contributed by atoms with Crippen LogP contribution < -0.4 is 5.32 Å². The van der Waals surface area contributed by atoms with E-state index in [9.17, 15) is 23.1 Å². The van der Waals surface area contributed by atoms with E-state index in [1.807, 2.05) is 0 Å². The average Bonchev–Trinajstić information content (AvgIpc) is 2.50. The maximum absolute atomic E-state index is 11.9. The molecule has 1 rings (SSSR count). The predicted molar refractivity (Wildman–Crippen MR) is 74.1 cm³/mol. The number of esters is 1. The summed E-state index contributed by atoms with van der Waals surface area (Å²) in [5.74, 6) is -1.79. The van der Waals surface area contributed by atoms with Gasteiger partial charge in [-0.15, -0.1) is 0 Å². The van der Waals surface area contributed by atoms with E-state index in [4.69, 9.17) is 0 Å². The van der Waals surface area contributed by atoms with Gasteiger partial charge in [0, 0.05) is 6.42 Å². The summed E-state index contributed by atoms with van der Waals surface area (Å²) in [7, 11) is -2.42. The van der Waals surface area contributed by atoms with Crippen LogP contribution in [0.1, 0.15) is 6.42 Å². The molecule has 1 atom stereocenters. The van der Waals surface area contributed by atoms with Crippen molar-refractivity contribution in [2.75, 3.05) is 19.4 Å². The minimum atomic E-state index is -3.53. The Kier molecular flexibility index (Phi) is 6.32. The average molecular weight is 315 g/mol. The molecule has 0 aromatic heterocycles. The van der Waals surface area contributed by atoms with Crippen LogP contribution in [0.25, 0.3) is 0 Å². The number of sulfone groups is 1. The van der Waals surface area contributed by atoms with Gasteiger partial charge < -0.3 is 15.2 Å². The van der Waals surface area contributed by atoms with Crippen molar-refractivity contribution in [3.05, 3.63) is 30.3 Å². The van der Waals surface area contributed by atoms with Crippen molar-refractivity contribution in [2.24, 2.45) is 0 Å². The SMILES string of the molecule is COC(=O)C(O)CNC(=O)CCS(=O)(=O)c1ccccc1. The normalized spacial score (nSPS) is 12.5. The fourth-order valence-electron chi connectivity index (χ4n) is 1.49. The first-order chi connectivity index (χ1) is 9.86. The van der Waals surface area contributed by atoms with Crippen molar-refractivity contribution < 1.29 is 27.9 Å². The molecular formula is C13H17NO6S. The van der Waals surface area contributed by atoms with E-state index in [1.54, 1.807) is 18.2 Å². The van der Waals surface area contributed by atoms with Gasteiger partial charge >= 0.3 is 5.97 Å². The molecule has 8 heteroatoms. The number of amides is 1. The number of nitrogens with one attached hydrogen (secondary N) is 1. The van der Waals surface area contributed by atoms with E-state index in [1.165, 1.54) is 12.1 Å². The maximum atomic E-state index is 11.9. The Morgan fingerprint density at radius 3 is 2.48 bits per heavy atom. The number of aliphatic hydroxyl groups is 1. The second-order valence-corrected chi connectivity index (χ2v) is 6.33. The molecule has 0 aliphatic heterocycles. The monoisotopic (exact) mass is 315 g/mol. The molecule has 0 saturated carbocycles. The zero-order valence-electron chi connectivity index (χ0n) is 11.5. The molecule has 1 aromatic rings. The summed E-state index contributed by atoms with van der Waals surface area (Å²) in [6, 6.07) is 7.79. The van der Waals surface area contributed by atoms with Crippen molar-refractivity contribution in [1.82, 2.24) is 5.32 Å². The van der Waals surface area contributed by atoms with Crippen molar-refractivity contribution in [3.8, 4) is 0 Å². The number of hydrogen-bond donors (Lipinski definition) is 2. The van der Waals surface area contributed by atoms with Crippen LogP contribution in [-0.2, 0) is 24.2 Å². The molecule has 7 nitrogen and oxygen atoms in total. The molecule has 116 valence electrons. The Labute approximate surface area is 122 Å². The number of rotatable bonds is 7. The summed E-state index contributed by atoms with van der Waals surface area (Å²) in [6.07, 6.45) is -1.73. The van der Waals surface area contributed by atoms with Crippen molar-refractivity contribution >= 4 is 21.7 Å². The van der Waals surface area contributed by atoms with E-state index in [-0.39, 0.29) is 23.6 Å². The van der Waals surface area contributed by atoms with Gasteiger partial charge in [-0.3, -0.25) is 4.79 Å². The summed E-state index contributed by atoms with van der Waals surface area (Å²) >= 11 is 0. The Hall–Kier alpha value is -1.93. The van der Waals surface area contributed by atoms with Crippen LogP contribution in [0.2, 0.25) is 0 Å². The highest BCUT2D eigenvalue weighted by Crippen LogP contribution is 2.10. The Morgan fingerprint density at radius 1 is 1.29 bits per heavy atom. The van der Waals surface area contributed by atoms with Crippen LogP contribution >= 0.6 is 0 Å². The van der Waals surface area contributed by atoms with E-state index in [2.05, 4.69) is 10.1 Å². The smallest absolute Gasteiger partial charge is 0.336 e. The molecule has 1 aromatic carbocycles. The highest BCUT2D eigenvalue weighted by Gasteiger charge is 2.18. The van der Waals surface area contributed by atoms with Gasteiger partial charge in [0.1, 0.15) is 0 Å². The molecule has 2 N–H and O–H groups in total. The largest absolute Gasteiger partial charge is 0.467 e. The molecule has 0 spiro atoms. The molecule has 0 aliphatic carbocycles. The molecule has 1 unspecified atom stereocenters. The van der Waals surface area contributed by atoms with Gasteiger partial charge in [-0.25, -0.2) is 13.2 Å². The fraction of sp³-hybridized carbons (Fsp3) is 0.385. The molecule has 0 bridgehead atoms. The van der Waals surface area contributed by atoms with Gasteiger partial charge in [0.15, 0.2) is 15.9 Å². The number of carbonyl (C=O) groups is 2. The molecule has 0 heterocycles. The second-order valence-electron chi connectivity index (χ2n) is 4.22. The zero-order chi connectivity index (χ0) is 15.9. The molecule has 1 amide bonds. The van der Waals surface area contributed by atoms with E-state index < -0.39 is 27.8 Å². The topological polar surface area (TPSA) is 110 Å². The van der Waals surface area contributed by atoms with Gasteiger partial charge in [-0.05, 0) is 12.1 Å². The van der Waals surface area contributed by atoms with Crippen LogP contribution in [0.3, 0.4) is 0 Å². The van der Waals surface area contributed by atoms with E-state index in [0.717, 1.165) is 7.11 Å². The van der Waals surface area contributed by atoms with Crippen molar-refractivity contribution in [2.45, 2.75) is 17.4 Å². The van der Waals surface area contributed by atoms with E-state index >= 15 is 0 Å². The lowest BCUT2D eigenvalue weighted by Gasteiger charge is -2.10. The number of aliphatic hydroxyl groups excluding tert-OH is 1. The number of methoxy groups -OCH3 is 1. The Morgan fingerprint density at radius 2 is 1.90 bits per heavy atom. The van der Waals surface area contributed by atoms with Crippen LogP contribution in [0.15, 0.2) is 35.2 Å². The Balaban J connectivity index is 2.45. The third-order valence-corrected chi connectivity index (χ3v) is 4.40. The highest BCUT2D eigenvalue weighted by molar-refractivity contribution is 7.91. The lowest BCUT2D eigenvalue weighted by molar-refractivity contribution is -0.150. The van der Waals surface area contributed by atoms with Crippen molar-refractivity contribution in [1.29, 1.82) is 0 Å².